The molecule has 1 aromatic heterocycles. The second-order valence-corrected chi connectivity index (χ2v) is 7.86. The Balaban J connectivity index is 1.49. The van der Waals surface area contributed by atoms with Crippen LogP contribution in [0.4, 0.5) is 10.1 Å². The lowest BCUT2D eigenvalue weighted by Gasteiger charge is -2.41. The molecule has 3 heterocycles. The van der Waals surface area contributed by atoms with E-state index >= 15 is 0 Å². The third kappa shape index (κ3) is 4.07. The fourth-order valence-corrected chi connectivity index (χ4v) is 3.92. The summed E-state index contributed by atoms with van der Waals surface area (Å²) in [6.45, 7) is 5.00. The highest BCUT2D eigenvalue weighted by atomic mass is 19.1. The van der Waals surface area contributed by atoms with Gasteiger partial charge < -0.3 is 14.0 Å². The maximum absolute atomic E-state index is 13.5. The maximum Gasteiger partial charge on any atom is 0.191 e. The van der Waals surface area contributed by atoms with E-state index in [2.05, 4.69) is 4.98 Å². The van der Waals surface area contributed by atoms with Crippen molar-refractivity contribution < 1.29 is 13.9 Å². The lowest BCUT2D eigenvalue weighted by molar-refractivity contribution is 0.168. The summed E-state index contributed by atoms with van der Waals surface area (Å²) in [4.78, 5) is 9.03. The molecule has 0 amide bonds. The molecule has 33 heavy (non-hydrogen) atoms. The molecular weight excluding hydrogens is 421 g/mol. The Bertz CT molecular complexity index is 1280. The van der Waals surface area contributed by atoms with Gasteiger partial charge in [0, 0.05) is 12.4 Å². The predicted octanol–water partition coefficient (Wildman–Crippen LogP) is 4.70. The van der Waals surface area contributed by atoms with Crippen molar-refractivity contribution in [3.8, 4) is 11.4 Å². The van der Waals surface area contributed by atoms with E-state index in [0.717, 1.165) is 34.1 Å². The van der Waals surface area contributed by atoms with Crippen molar-refractivity contribution in [3.63, 3.8) is 0 Å². The summed E-state index contributed by atoms with van der Waals surface area (Å²) >= 11 is 0. The molecule has 0 spiro atoms. The van der Waals surface area contributed by atoms with Crippen LogP contribution in [0.2, 0.25) is 0 Å². The second kappa shape index (κ2) is 8.46. The minimum atomic E-state index is -0.267. The number of aliphatic imine (C=N–C) groups is 1. The third-order valence-electron chi connectivity index (χ3n) is 5.46. The Hall–Kier alpha value is -4.07. The number of fused-ring (bicyclic) bond motifs is 1. The first kappa shape index (κ1) is 20.8. The Morgan fingerprint density at radius 1 is 1.12 bits per heavy atom. The first-order valence-corrected chi connectivity index (χ1v) is 10.6. The average Bonchev–Trinajstić information content (AvgIpc) is 3.25. The first-order chi connectivity index (χ1) is 16.0. The second-order valence-electron chi connectivity index (χ2n) is 7.86. The zero-order chi connectivity index (χ0) is 22.9. The van der Waals surface area contributed by atoms with Gasteiger partial charge in [-0.25, -0.2) is 14.4 Å². The fourth-order valence-electron chi connectivity index (χ4n) is 3.92. The van der Waals surface area contributed by atoms with Crippen LogP contribution in [-0.4, -0.2) is 40.7 Å². The Kier molecular flexibility index (Phi) is 5.34. The van der Waals surface area contributed by atoms with Gasteiger partial charge in [0.05, 0.1) is 42.7 Å². The van der Waals surface area contributed by atoms with Crippen LogP contribution in [0.1, 0.15) is 18.2 Å². The van der Waals surface area contributed by atoms with E-state index in [1.807, 2.05) is 65.1 Å². The molecule has 7 nitrogen and oxygen atoms in total. The van der Waals surface area contributed by atoms with Crippen LogP contribution in [0.25, 0.3) is 11.8 Å². The molecule has 2 aromatic carbocycles. The molecule has 0 aliphatic carbocycles. The lowest BCUT2D eigenvalue weighted by atomic mass is 10.1. The summed E-state index contributed by atoms with van der Waals surface area (Å²) < 4.78 is 27.0. The van der Waals surface area contributed by atoms with Crippen molar-refractivity contribution in [2.24, 2.45) is 4.99 Å². The Labute approximate surface area is 191 Å². The van der Waals surface area contributed by atoms with Crippen molar-refractivity contribution in [2.45, 2.75) is 13.8 Å². The fraction of sp³-hybridized carbons (Fsp3) is 0.200. The average molecular weight is 445 g/mol. The number of hydrogen-bond acceptors (Lipinski definition) is 6. The summed E-state index contributed by atoms with van der Waals surface area (Å²) in [6.07, 6.45) is 7.61. The van der Waals surface area contributed by atoms with Gasteiger partial charge in [0.25, 0.3) is 0 Å². The lowest BCUT2D eigenvalue weighted by Crippen LogP contribution is -2.51. The molecule has 0 atom stereocenters. The van der Waals surface area contributed by atoms with E-state index in [4.69, 9.17) is 14.5 Å². The summed E-state index contributed by atoms with van der Waals surface area (Å²) in [6, 6.07) is 12.4. The molecule has 2 aliphatic heterocycles. The molecule has 0 radical (unpaired) electrons. The summed E-state index contributed by atoms with van der Waals surface area (Å²) in [5, 5.41) is 4.02. The number of hydrazine groups is 1. The summed E-state index contributed by atoms with van der Waals surface area (Å²) in [7, 11) is 1.65. The van der Waals surface area contributed by atoms with E-state index in [1.54, 1.807) is 25.6 Å². The highest BCUT2D eigenvalue weighted by Gasteiger charge is 2.30. The number of imidazole rings is 1. The number of rotatable bonds is 4. The van der Waals surface area contributed by atoms with Crippen molar-refractivity contribution >= 4 is 17.6 Å². The normalized spacial score (nSPS) is 16.8. The molecule has 5 rings (SSSR count). The maximum atomic E-state index is 13.5. The van der Waals surface area contributed by atoms with Crippen LogP contribution < -0.4 is 9.75 Å². The number of nitrogens with zero attached hydrogens (tertiary/aromatic N) is 5. The molecule has 0 bridgehead atoms. The topological polar surface area (TPSA) is 55.1 Å². The van der Waals surface area contributed by atoms with Gasteiger partial charge in [-0.1, -0.05) is 6.07 Å². The van der Waals surface area contributed by atoms with Crippen LogP contribution in [0.15, 0.2) is 77.6 Å². The van der Waals surface area contributed by atoms with Crippen LogP contribution in [0.5, 0.6) is 5.75 Å². The largest absolute Gasteiger partial charge is 0.495 e. The Morgan fingerprint density at radius 3 is 2.67 bits per heavy atom. The minimum Gasteiger partial charge on any atom is -0.495 e. The molecular formula is C25H24FN5O2. The third-order valence-corrected chi connectivity index (χ3v) is 5.46. The van der Waals surface area contributed by atoms with Crippen LogP contribution in [0.3, 0.4) is 0 Å². The number of methoxy groups -OCH3 is 1. The molecule has 0 unspecified atom stereocenters. The highest BCUT2D eigenvalue weighted by Crippen LogP contribution is 2.30. The van der Waals surface area contributed by atoms with Gasteiger partial charge in [-0.05, 0) is 61.9 Å². The number of benzene rings is 2. The molecule has 0 N–H and O–H groups in total. The van der Waals surface area contributed by atoms with Gasteiger partial charge in [0.1, 0.15) is 18.2 Å². The van der Waals surface area contributed by atoms with Crippen molar-refractivity contribution in [1.82, 2.24) is 14.6 Å². The summed E-state index contributed by atoms with van der Waals surface area (Å²) in [5.74, 6) is 1.83. The van der Waals surface area contributed by atoms with E-state index in [-0.39, 0.29) is 5.82 Å². The van der Waals surface area contributed by atoms with Gasteiger partial charge in [-0.2, -0.15) is 0 Å². The number of ether oxygens (including phenoxy) is 2. The van der Waals surface area contributed by atoms with Gasteiger partial charge in [-0.15, -0.1) is 0 Å². The van der Waals surface area contributed by atoms with E-state index in [1.165, 1.54) is 12.1 Å². The van der Waals surface area contributed by atoms with Crippen molar-refractivity contribution in [3.05, 3.63) is 89.7 Å². The summed E-state index contributed by atoms with van der Waals surface area (Å²) in [5.41, 5.74) is 4.44. The van der Waals surface area contributed by atoms with Gasteiger partial charge >= 0.3 is 0 Å². The van der Waals surface area contributed by atoms with Gasteiger partial charge in [0.2, 0.25) is 0 Å². The molecule has 1 fully saturated rings. The Morgan fingerprint density at radius 2 is 1.94 bits per heavy atom. The zero-order valence-electron chi connectivity index (χ0n) is 18.7. The number of morpholine rings is 1. The van der Waals surface area contributed by atoms with Crippen LogP contribution >= 0.6 is 0 Å². The van der Waals surface area contributed by atoms with Crippen LogP contribution in [0, 0.1) is 12.7 Å². The standard InChI is InChI=1S/C25H24FN5O2/c1-17-14-29(16-27-17)22-9-4-19(12-23(22)32-3)13-24-25-28-18(2)15-31(30(25)10-11-33-24)21-7-5-20(26)6-8-21/h4-9,12-16H,10-11H2,1-3H3/b24-13-. The molecule has 3 aromatic rings. The highest BCUT2D eigenvalue weighted by molar-refractivity contribution is 6.03. The number of amidine groups is 1. The van der Waals surface area contributed by atoms with E-state index in [0.29, 0.717) is 24.7 Å². The SMILES string of the molecule is COc1cc(/C=C2\OCCN3C2=NC(C)=CN3c2ccc(F)cc2)ccc1-n1cnc(C)c1. The molecule has 2 aliphatic rings. The first-order valence-electron chi connectivity index (χ1n) is 10.6. The van der Waals surface area contributed by atoms with Crippen LogP contribution in [-0.2, 0) is 4.74 Å². The minimum absolute atomic E-state index is 0.267. The molecule has 8 heteroatoms. The van der Waals surface area contributed by atoms with Crippen molar-refractivity contribution in [2.75, 3.05) is 25.3 Å². The number of hydrogen-bond donors (Lipinski definition) is 0. The predicted molar refractivity (Wildman–Crippen MR) is 126 cm³/mol. The number of halogens is 1. The number of allylic oxidation sites excluding steroid dienone is 1. The van der Waals surface area contributed by atoms with Gasteiger partial charge in [-0.3, -0.25) is 10.0 Å². The molecule has 1 saturated heterocycles. The van der Waals surface area contributed by atoms with E-state index in [9.17, 15) is 4.39 Å². The van der Waals surface area contributed by atoms with Gasteiger partial charge in [0.15, 0.2) is 11.6 Å². The van der Waals surface area contributed by atoms with E-state index < -0.39 is 0 Å². The van der Waals surface area contributed by atoms with Crippen molar-refractivity contribution in [1.29, 1.82) is 0 Å². The quantitative estimate of drug-likeness (QED) is 0.583. The smallest absolute Gasteiger partial charge is 0.191 e. The number of anilines is 1. The molecule has 0 saturated carbocycles. The zero-order valence-corrected chi connectivity index (χ0v) is 18.7. The number of aromatic nitrogens is 2. The monoisotopic (exact) mass is 445 g/mol. The molecule has 168 valence electrons. The number of aryl methyl sites for hydroxylation is 1.